The summed E-state index contributed by atoms with van der Waals surface area (Å²) in [6, 6.07) is -0.485. The monoisotopic (exact) mass is 265 g/mol. The number of carbonyl (C=O) groups is 2. The van der Waals surface area contributed by atoms with Gasteiger partial charge in [-0.25, -0.2) is 4.79 Å². The molecule has 0 unspecified atom stereocenters. The zero-order valence-electron chi connectivity index (χ0n) is 11.5. The predicted molar refractivity (Wildman–Crippen MR) is 68.5 cm³/mol. The molecule has 1 aliphatic rings. The normalized spacial score (nSPS) is 19.5. The molecule has 0 aliphatic carbocycles. The summed E-state index contributed by atoms with van der Waals surface area (Å²) in [5.74, 6) is -0.510. The van der Waals surface area contributed by atoms with Crippen LogP contribution >= 0.6 is 0 Å². The van der Waals surface area contributed by atoms with Gasteiger partial charge in [0.2, 0.25) is 0 Å². The Morgan fingerprint density at radius 2 is 2.21 bits per heavy atom. The van der Waals surface area contributed by atoms with E-state index >= 15 is 0 Å². The summed E-state index contributed by atoms with van der Waals surface area (Å²) in [6.45, 7) is 6.04. The number of nitrogens with zero attached hydrogens (tertiary/aromatic N) is 2. The Bertz CT molecular complexity index is 462. The smallest absolute Gasteiger partial charge is 0.329 e. The van der Waals surface area contributed by atoms with Crippen molar-refractivity contribution in [3.8, 4) is 0 Å². The molecule has 2 rings (SSSR count). The van der Waals surface area contributed by atoms with E-state index in [9.17, 15) is 9.59 Å². The van der Waals surface area contributed by atoms with Gasteiger partial charge in [0.05, 0.1) is 11.8 Å². The number of likely N-dealkylation sites (tertiary alicyclic amines) is 1. The Balaban J connectivity index is 2.09. The number of hydrogen-bond acceptors (Lipinski definition) is 4. The van der Waals surface area contributed by atoms with Crippen molar-refractivity contribution in [1.29, 1.82) is 0 Å². The first-order valence-electron chi connectivity index (χ1n) is 6.41. The topological polar surface area (TPSA) is 75.3 Å². The van der Waals surface area contributed by atoms with Crippen LogP contribution in [-0.4, -0.2) is 45.2 Å². The Morgan fingerprint density at radius 1 is 1.47 bits per heavy atom. The highest BCUT2D eigenvalue weighted by atomic mass is 16.6. The lowest BCUT2D eigenvalue weighted by atomic mass is 10.1. The van der Waals surface area contributed by atoms with E-state index in [1.54, 1.807) is 4.90 Å². The minimum Gasteiger partial charge on any atom is -0.458 e. The number of aromatic nitrogens is 2. The van der Waals surface area contributed by atoms with E-state index in [1.807, 2.05) is 20.8 Å². The van der Waals surface area contributed by atoms with Crippen LogP contribution in [0, 0.1) is 0 Å². The Morgan fingerprint density at radius 3 is 2.79 bits per heavy atom. The van der Waals surface area contributed by atoms with Gasteiger partial charge in [-0.1, -0.05) is 0 Å². The minimum atomic E-state index is -0.538. The van der Waals surface area contributed by atoms with E-state index < -0.39 is 11.6 Å². The third-order valence-corrected chi connectivity index (χ3v) is 2.94. The van der Waals surface area contributed by atoms with E-state index in [-0.39, 0.29) is 11.9 Å². The van der Waals surface area contributed by atoms with Crippen LogP contribution in [0.15, 0.2) is 12.4 Å². The van der Waals surface area contributed by atoms with Crippen molar-refractivity contribution in [1.82, 2.24) is 15.1 Å². The second-order valence-electron chi connectivity index (χ2n) is 5.68. The molecular weight excluding hydrogens is 246 g/mol. The average molecular weight is 265 g/mol. The van der Waals surface area contributed by atoms with Gasteiger partial charge in [-0.05, 0) is 33.6 Å². The highest BCUT2D eigenvalue weighted by molar-refractivity contribution is 5.96. The molecule has 6 heteroatoms. The van der Waals surface area contributed by atoms with Gasteiger partial charge in [-0.15, -0.1) is 0 Å². The molecule has 0 saturated carbocycles. The quantitative estimate of drug-likeness (QED) is 0.819. The highest BCUT2D eigenvalue weighted by Gasteiger charge is 2.37. The van der Waals surface area contributed by atoms with Crippen LogP contribution in [0.1, 0.15) is 44.0 Å². The molecule has 1 aliphatic heterocycles. The number of amides is 1. The third kappa shape index (κ3) is 3.13. The van der Waals surface area contributed by atoms with Gasteiger partial charge in [0.15, 0.2) is 0 Å². The molecule has 104 valence electrons. The maximum atomic E-state index is 12.2. The molecule has 1 aromatic heterocycles. The number of ether oxygens (including phenoxy) is 1. The first-order chi connectivity index (χ1) is 8.88. The fourth-order valence-corrected chi connectivity index (χ4v) is 2.16. The predicted octanol–water partition coefficient (Wildman–Crippen LogP) is 1.36. The van der Waals surface area contributed by atoms with Crippen molar-refractivity contribution in [2.45, 2.75) is 45.3 Å². The summed E-state index contributed by atoms with van der Waals surface area (Å²) in [5.41, 5.74) is -0.0697. The molecule has 0 spiro atoms. The van der Waals surface area contributed by atoms with Crippen LogP contribution in [0.25, 0.3) is 0 Å². The molecule has 1 N–H and O–H groups in total. The van der Waals surface area contributed by atoms with Gasteiger partial charge in [0, 0.05) is 12.7 Å². The number of esters is 1. The average Bonchev–Trinajstić information content (AvgIpc) is 2.97. The molecular formula is C13H19N3O3. The van der Waals surface area contributed by atoms with Crippen molar-refractivity contribution in [2.75, 3.05) is 6.54 Å². The highest BCUT2D eigenvalue weighted by Crippen LogP contribution is 2.22. The molecule has 1 fully saturated rings. The second kappa shape index (κ2) is 5.03. The van der Waals surface area contributed by atoms with Crippen LogP contribution < -0.4 is 0 Å². The van der Waals surface area contributed by atoms with Crippen LogP contribution in [0.3, 0.4) is 0 Å². The van der Waals surface area contributed by atoms with E-state index in [0.717, 1.165) is 6.42 Å². The second-order valence-corrected chi connectivity index (χ2v) is 5.68. The molecule has 1 aromatic rings. The molecule has 1 amide bonds. The van der Waals surface area contributed by atoms with Gasteiger partial charge >= 0.3 is 5.97 Å². The van der Waals surface area contributed by atoms with E-state index in [1.165, 1.54) is 12.4 Å². The molecule has 19 heavy (non-hydrogen) atoms. The summed E-state index contributed by atoms with van der Waals surface area (Å²) < 4.78 is 5.36. The summed E-state index contributed by atoms with van der Waals surface area (Å²) in [7, 11) is 0. The molecule has 1 atom stereocenters. The summed E-state index contributed by atoms with van der Waals surface area (Å²) in [4.78, 5) is 25.9. The standard InChI is InChI=1S/C13H19N3O3/c1-13(2,3)19-12(18)10-5-4-6-16(10)11(17)9-7-14-15-8-9/h7-8,10H,4-6H2,1-3H3,(H,14,15)/t10-/m0/s1. The first-order valence-corrected chi connectivity index (χ1v) is 6.41. The lowest BCUT2D eigenvalue weighted by Crippen LogP contribution is -2.43. The van der Waals surface area contributed by atoms with Crippen LogP contribution in [-0.2, 0) is 9.53 Å². The van der Waals surface area contributed by atoms with Crippen LogP contribution in [0.5, 0.6) is 0 Å². The summed E-state index contributed by atoms with van der Waals surface area (Å²) >= 11 is 0. The van der Waals surface area contributed by atoms with Gasteiger partial charge in [0.1, 0.15) is 11.6 Å². The molecule has 0 bridgehead atoms. The molecule has 6 nitrogen and oxygen atoms in total. The maximum Gasteiger partial charge on any atom is 0.329 e. The van der Waals surface area contributed by atoms with Crippen LogP contribution in [0.2, 0.25) is 0 Å². The number of H-pyrrole nitrogens is 1. The van der Waals surface area contributed by atoms with Crippen molar-refractivity contribution in [2.24, 2.45) is 0 Å². The maximum absolute atomic E-state index is 12.2. The fraction of sp³-hybridized carbons (Fsp3) is 0.615. The number of carbonyl (C=O) groups excluding carboxylic acids is 2. The Hall–Kier alpha value is -1.85. The van der Waals surface area contributed by atoms with E-state index in [2.05, 4.69) is 10.2 Å². The number of rotatable bonds is 2. The zero-order valence-corrected chi connectivity index (χ0v) is 11.5. The zero-order chi connectivity index (χ0) is 14.0. The minimum absolute atomic E-state index is 0.179. The molecule has 2 heterocycles. The fourth-order valence-electron chi connectivity index (χ4n) is 2.16. The number of aromatic amines is 1. The van der Waals surface area contributed by atoms with Gasteiger partial charge in [-0.3, -0.25) is 9.89 Å². The SMILES string of the molecule is CC(C)(C)OC(=O)[C@@H]1CCCN1C(=O)c1cn[nH]c1. The van der Waals surface area contributed by atoms with Gasteiger partial charge in [0.25, 0.3) is 5.91 Å². The van der Waals surface area contributed by atoms with Crippen molar-refractivity contribution in [3.05, 3.63) is 18.0 Å². The third-order valence-electron chi connectivity index (χ3n) is 2.94. The van der Waals surface area contributed by atoms with Gasteiger partial charge < -0.3 is 9.64 Å². The van der Waals surface area contributed by atoms with Crippen molar-refractivity contribution < 1.29 is 14.3 Å². The molecule has 0 aromatic carbocycles. The Labute approximate surface area is 112 Å². The summed E-state index contributed by atoms with van der Waals surface area (Å²) in [5, 5.41) is 6.36. The largest absolute Gasteiger partial charge is 0.458 e. The van der Waals surface area contributed by atoms with Crippen LogP contribution in [0.4, 0.5) is 0 Å². The molecule has 1 saturated heterocycles. The Kier molecular flexibility index (Phi) is 3.59. The van der Waals surface area contributed by atoms with Crippen molar-refractivity contribution >= 4 is 11.9 Å². The lowest BCUT2D eigenvalue weighted by molar-refractivity contribution is -0.159. The van der Waals surface area contributed by atoms with Crippen molar-refractivity contribution in [3.63, 3.8) is 0 Å². The van der Waals surface area contributed by atoms with E-state index in [0.29, 0.717) is 18.5 Å². The van der Waals surface area contributed by atoms with Gasteiger partial charge in [-0.2, -0.15) is 5.10 Å². The lowest BCUT2D eigenvalue weighted by Gasteiger charge is -2.27. The first kappa shape index (κ1) is 13.6. The summed E-state index contributed by atoms with van der Waals surface area (Å²) in [6.07, 6.45) is 4.46. The molecule has 0 radical (unpaired) electrons. The van der Waals surface area contributed by atoms with E-state index in [4.69, 9.17) is 4.74 Å². The number of hydrogen-bond donors (Lipinski definition) is 1. The number of nitrogens with one attached hydrogen (secondary N) is 1.